The van der Waals surface area contributed by atoms with Gasteiger partial charge in [0.05, 0.1) is 20.3 Å². The molecule has 172 valence electrons. The fourth-order valence-electron chi connectivity index (χ4n) is 3.28. The normalized spacial score (nSPS) is 15.1. The van der Waals surface area contributed by atoms with Gasteiger partial charge in [-0.25, -0.2) is 4.79 Å². The minimum Gasteiger partial charge on any atom is -0.468 e. The van der Waals surface area contributed by atoms with Crippen molar-refractivity contribution < 1.29 is 28.0 Å². The van der Waals surface area contributed by atoms with Crippen molar-refractivity contribution in [2.24, 2.45) is 5.41 Å². The molecular formula is C22H38NO6P. The third-order valence-electron chi connectivity index (χ3n) is 4.69. The summed E-state index contributed by atoms with van der Waals surface area (Å²) in [5.74, 6) is -1.39. The van der Waals surface area contributed by atoms with Gasteiger partial charge < -0.3 is 13.8 Å². The van der Waals surface area contributed by atoms with Crippen molar-refractivity contribution in [3.63, 3.8) is 0 Å². The fourth-order valence-corrected chi connectivity index (χ4v) is 5.91. The Morgan fingerprint density at radius 1 is 1.03 bits per heavy atom. The summed E-state index contributed by atoms with van der Waals surface area (Å²) in [5.41, 5.74) is -0.972. The van der Waals surface area contributed by atoms with Gasteiger partial charge in [-0.2, -0.15) is 5.06 Å². The fraction of sp³-hybridized carbons (Fsp3) is 0.682. The second kappa shape index (κ2) is 10.9. The molecule has 1 rings (SSSR count). The smallest absolute Gasteiger partial charge is 0.350 e. The topological polar surface area (TPSA) is 74.3 Å². The zero-order chi connectivity index (χ0) is 23.2. The molecule has 0 radical (unpaired) electrons. The van der Waals surface area contributed by atoms with Crippen LogP contribution in [0.5, 0.6) is 0 Å². The molecular weight excluding hydrogens is 405 g/mol. The lowest BCUT2D eigenvalue weighted by Crippen LogP contribution is -2.58. The van der Waals surface area contributed by atoms with Gasteiger partial charge in [0.2, 0.25) is 0 Å². The molecule has 0 spiro atoms. The number of hydrogen-bond acceptors (Lipinski definition) is 7. The van der Waals surface area contributed by atoms with E-state index in [0.29, 0.717) is 0 Å². The van der Waals surface area contributed by atoms with Crippen molar-refractivity contribution in [1.82, 2.24) is 5.06 Å². The van der Waals surface area contributed by atoms with Gasteiger partial charge in [0.1, 0.15) is 17.4 Å². The molecule has 2 unspecified atom stereocenters. The highest BCUT2D eigenvalue weighted by Gasteiger charge is 2.55. The molecule has 0 aliphatic carbocycles. The Labute approximate surface area is 181 Å². The molecule has 0 saturated heterocycles. The lowest BCUT2D eigenvalue weighted by molar-refractivity contribution is -0.268. The van der Waals surface area contributed by atoms with Crippen LogP contribution in [0.2, 0.25) is 0 Å². The molecule has 30 heavy (non-hydrogen) atoms. The number of esters is 1. The van der Waals surface area contributed by atoms with Crippen molar-refractivity contribution in [2.45, 2.75) is 72.8 Å². The third-order valence-corrected chi connectivity index (χ3v) is 7.51. The highest BCUT2D eigenvalue weighted by Crippen LogP contribution is 2.61. The van der Waals surface area contributed by atoms with E-state index in [1.54, 1.807) is 27.7 Å². The molecule has 0 fully saturated rings. The van der Waals surface area contributed by atoms with Crippen LogP contribution >= 0.6 is 7.60 Å². The van der Waals surface area contributed by atoms with E-state index < -0.39 is 36.4 Å². The predicted octanol–water partition coefficient (Wildman–Crippen LogP) is 5.57. The summed E-state index contributed by atoms with van der Waals surface area (Å²) in [4.78, 5) is 19.1. The molecule has 0 bridgehead atoms. The van der Waals surface area contributed by atoms with Crippen LogP contribution in [0.1, 0.15) is 67.1 Å². The predicted molar refractivity (Wildman–Crippen MR) is 118 cm³/mol. The minimum atomic E-state index is -3.71. The number of nitrogens with zero attached hydrogens (tertiary/aromatic N) is 1. The number of hydroxylamine groups is 2. The van der Waals surface area contributed by atoms with E-state index in [-0.39, 0.29) is 13.2 Å². The monoisotopic (exact) mass is 443 g/mol. The van der Waals surface area contributed by atoms with Crippen LogP contribution in [0.3, 0.4) is 0 Å². The average molecular weight is 444 g/mol. The van der Waals surface area contributed by atoms with Gasteiger partial charge in [0.15, 0.2) is 0 Å². The number of benzene rings is 1. The Bertz CT molecular complexity index is 706. The number of hydrogen-bond donors (Lipinski definition) is 0. The van der Waals surface area contributed by atoms with Crippen LogP contribution in [-0.4, -0.2) is 42.7 Å². The Kier molecular flexibility index (Phi) is 9.71. The molecule has 0 amide bonds. The first-order valence-electron chi connectivity index (χ1n) is 10.3. The Morgan fingerprint density at radius 2 is 1.53 bits per heavy atom. The van der Waals surface area contributed by atoms with E-state index >= 15 is 0 Å². The average Bonchev–Trinajstić information content (AvgIpc) is 2.66. The molecule has 1 aromatic rings. The van der Waals surface area contributed by atoms with Crippen LogP contribution in [0.4, 0.5) is 0 Å². The van der Waals surface area contributed by atoms with Crippen molar-refractivity contribution in [3.05, 3.63) is 35.9 Å². The number of carbonyl (C=O) groups is 1. The summed E-state index contributed by atoms with van der Waals surface area (Å²) in [6.07, 6.45) is -0.420. The maximum Gasteiger partial charge on any atom is 0.350 e. The molecule has 0 aliphatic rings. The van der Waals surface area contributed by atoms with Crippen molar-refractivity contribution in [2.75, 3.05) is 20.3 Å². The van der Waals surface area contributed by atoms with Gasteiger partial charge >= 0.3 is 13.6 Å². The van der Waals surface area contributed by atoms with E-state index in [2.05, 4.69) is 0 Å². The summed E-state index contributed by atoms with van der Waals surface area (Å²) in [6.45, 7) is 14.9. The van der Waals surface area contributed by atoms with Crippen LogP contribution in [0.25, 0.3) is 0 Å². The maximum absolute atomic E-state index is 14.0. The Morgan fingerprint density at radius 3 is 1.93 bits per heavy atom. The van der Waals surface area contributed by atoms with Gasteiger partial charge in [0.25, 0.3) is 0 Å². The number of ether oxygens (including phenoxy) is 1. The minimum absolute atomic E-state index is 0.199. The largest absolute Gasteiger partial charge is 0.468 e. The molecule has 0 saturated carbocycles. The molecule has 0 heterocycles. The molecule has 0 aromatic heterocycles. The number of rotatable bonds is 11. The molecule has 0 N–H and O–H groups in total. The first-order valence-corrected chi connectivity index (χ1v) is 11.9. The maximum atomic E-state index is 14.0. The Balaban J connectivity index is 3.60. The van der Waals surface area contributed by atoms with E-state index in [4.69, 9.17) is 18.6 Å². The lowest BCUT2D eigenvalue weighted by Gasteiger charge is -2.48. The van der Waals surface area contributed by atoms with Crippen LogP contribution in [-0.2, 0) is 28.0 Å². The second-order valence-electron chi connectivity index (χ2n) is 8.65. The molecule has 8 heteroatoms. The zero-order valence-electron chi connectivity index (χ0n) is 19.8. The van der Waals surface area contributed by atoms with E-state index in [1.807, 2.05) is 58.0 Å². The zero-order valence-corrected chi connectivity index (χ0v) is 20.7. The lowest BCUT2D eigenvalue weighted by atomic mass is 9.93. The Hall–Kier alpha value is -1.24. The van der Waals surface area contributed by atoms with Crippen LogP contribution in [0, 0.1) is 5.41 Å². The van der Waals surface area contributed by atoms with E-state index in [1.165, 1.54) is 12.2 Å². The summed E-state index contributed by atoms with van der Waals surface area (Å²) in [6, 6.07) is 9.62. The first kappa shape index (κ1) is 26.8. The van der Waals surface area contributed by atoms with E-state index in [9.17, 15) is 9.36 Å². The molecule has 0 aliphatic heterocycles. The summed E-state index contributed by atoms with van der Waals surface area (Å²) in [7, 11) is -2.39. The van der Waals surface area contributed by atoms with Crippen molar-refractivity contribution in [3.8, 4) is 0 Å². The summed E-state index contributed by atoms with van der Waals surface area (Å²) >= 11 is 0. The van der Waals surface area contributed by atoms with Gasteiger partial charge in [-0.1, -0.05) is 51.1 Å². The van der Waals surface area contributed by atoms with Crippen molar-refractivity contribution in [1.29, 1.82) is 0 Å². The third kappa shape index (κ3) is 6.38. The molecule has 1 aromatic carbocycles. The molecule has 7 nitrogen and oxygen atoms in total. The van der Waals surface area contributed by atoms with Gasteiger partial charge in [-0.05, 0) is 45.6 Å². The van der Waals surface area contributed by atoms with Crippen LogP contribution < -0.4 is 0 Å². The number of methoxy groups -OCH3 is 1. The van der Waals surface area contributed by atoms with Gasteiger partial charge in [0, 0.05) is 0 Å². The van der Waals surface area contributed by atoms with Crippen LogP contribution in [0.15, 0.2) is 30.3 Å². The van der Waals surface area contributed by atoms with Gasteiger partial charge in [-0.15, -0.1) is 0 Å². The SMILES string of the molecule is CCOP(=O)(OCC)C(N(OC(C)c1ccccc1)C(C)(C)C(=O)OC)C(C)(C)C. The molecule has 2 atom stereocenters. The highest BCUT2D eigenvalue weighted by atomic mass is 31.2. The quantitative estimate of drug-likeness (QED) is 0.251. The first-order chi connectivity index (χ1) is 13.8. The highest BCUT2D eigenvalue weighted by molar-refractivity contribution is 7.54. The summed E-state index contributed by atoms with van der Waals surface area (Å²) in [5, 5.41) is 1.46. The number of carbonyl (C=O) groups excluding carboxylic acids is 1. The standard InChI is InChI=1S/C22H38NO6P/c1-10-27-30(25,28-11-2)19(21(4,5)6)23(22(7,8)20(24)26-9)29-17(3)18-15-13-12-14-16-18/h12-17,19H,10-11H2,1-9H3. The van der Waals surface area contributed by atoms with Crippen molar-refractivity contribution >= 4 is 13.6 Å². The van der Waals surface area contributed by atoms with E-state index in [0.717, 1.165) is 5.56 Å². The second-order valence-corrected chi connectivity index (χ2v) is 10.7. The van der Waals surface area contributed by atoms with Gasteiger partial charge in [-0.3, -0.25) is 9.40 Å². The summed E-state index contributed by atoms with van der Waals surface area (Å²) < 4.78 is 30.4.